The van der Waals surface area contributed by atoms with E-state index in [1.165, 1.54) is 0 Å². The van der Waals surface area contributed by atoms with E-state index in [0.717, 1.165) is 12.8 Å². The minimum absolute atomic E-state index is 0.0565. The van der Waals surface area contributed by atoms with E-state index in [-0.39, 0.29) is 43.9 Å². The van der Waals surface area contributed by atoms with Gasteiger partial charge in [0.05, 0.1) is 18.6 Å². The number of likely N-dealkylation sites (tertiary alicyclic amines) is 2. The lowest BCUT2D eigenvalue weighted by Crippen LogP contribution is -2.70. The minimum atomic E-state index is -2.74. The molecule has 0 spiro atoms. The molecular weight excluding hydrogens is 434 g/mol. The van der Waals surface area contributed by atoms with Gasteiger partial charge < -0.3 is 14.2 Å². The van der Waals surface area contributed by atoms with Gasteiger partial charge >= 0.3 is 11.9 Å². The van der Waals surface area contributed by atoms with Gasteiger partial charge in [-0.25, -0.2) is 13.6 Å². The second-order valence-corrected chi connectivity index (χ2v) is 10.5. The molecule has 1 atom stereocenters. The van der Waals surface area contributed by atoms with Crippen LogP contribution in [-0.4, -0.2) is 78.0 Å². The van der Waals surface area contributed by atoms with E-state index in [4.69, 9.17) is 14.2 Å². The molecule has 0 radical (unpaired) electrons. The first-order valence-corrected chi connectivity index (χ1v) is 12.4. The van der Waals surface area contributed by atoms with Crippen molar-refractivity contribution in [1.82, 2.24) is 9.80 Å². The van der Waals surface area contributed by atoms with Crippen LogP contribution < -0.4 is 0 Å². The van der Waals surface area contributed by atoms with Gasteiger partial charge in [0.2, 0.25) is 0 Å². The second-order valence-electron chi connectivity index (χ2n) is 10.5. The molecule has 0 aromatic carbocycles. The molecule has 1 unspecified atom stereocenters. The molecule has 1 aliphatic carbocycles. The van der Waals surface area contributed by atoms with Crippen molar-refractivity contribution >= 4 is 11.9 Å². The SMILES string of the molecule is CCOC(=O)C1CCC(OC(C(=O)OC(C)(C)C)(N2CCCC2)N2CCC(F)(F)CC2)CC1. The van der Waals surface area contributed by atoms with Crippen molar-refractivity contribution in [1.29, 1.82) is 0 Å². The maximum atomic E-state index is 14.0. The van der Waals surface area contributed by atoms with Crippen molar-refractivity contribution in [2.75, 3.05) is 32.8 Å². The molecule has 0 amide bonds. The summed E-state index contributed by atoms with van der Waals surface area (Å²) < 4.78 is 45.7. The summed E-state index contributed by atoms with van der Waals surface area (Å²) in [5.41, 5.74) is -0.743. The summed E-state index contributed by atoms with van der Waals surface area (Å²) in [7, 11) is 0. The number of ether oxygens (including phenoxy) is 3. The number of nitrogens with zero attached hydrogens (tertiary/aromatic N) is 2. The normalized spacial score (nSPS) is 28.8. The zero-order chi connectivity index (χ0) is 24.3. The molecule has 2 saturated heterocycles. The topological polar surface area (TPSA) is 68.3 Å². The van der Waals surface area contributed by atoms with E-state index in [9.17, 15) is 18.4 Å². The van der Waals surface area contributed by atoms with Crippen molar-refractivity contribution < 1.29 is 32.6 Å². The molecule has 0 N–H and O–H groups in total. The number of carbonyl (C=O) groups is 2. The highest BCUT2D eigenvalue weighted by atomic mass is 19.3. The Hall–Kier alpha value is -1.32. The zero-order valence-corrected chi connectivity index (χ0v) is 20.5. The highest BCUT2D eigenvalue weighted by molar-refractivity contribution is 5.79. The first kappa shape index (κ1) is 26.3. The molecule has 0 bridgehead atoms. The number of carbonyl (C=O) groups excluding carboxylic acids is 2. The van der Waals surface area contributed by atoms with Crippen LogP contribution in [0.25, 0.3) is 0 Å². The molecule has 3 fully saturated rings. The monoisotopic (exact) mass is 474 g/mol. The van der Waals surface area contributed by atoms with Crippen molar-refractivity contribution in [3.8, 4) is 0 Å². The zero-order valence-electron chi connectivity index (χ0n) is 20.5. The smallest absolute Gasteiger partial charge is 0.371 e. The van der Waals surface area contributed by atoms with Gasteiger partial charge in [-0.3, -0.25) is 14.6 Å². The first-order chi connectivity index (χ1) is 15.5. The highest BCUT2D eigenvalue weighted by Gasteiger charge is 2.57. The summed E-state index contributed by atoms with van der Waals surface area (Å²) in [6.07, 6.45) is 3.36. The van der Waals surface area contributed by atoms with E-state index in [2.05, 4.69) is 0 Å². The van der Waals surface area contributed by atoms with Crippen LogP contribution in [-0.2, 0) is 23.8 Å². The summed E-state index contributed by atoms with van der Waals surface area (Å²) in [5.74, 6) is -5.15. The fourth-order valence-electron chi connectivity index (χ4n) is 5.07. The third kappa shape index (κ3) is 6.42. The molecule has 0 aromatic heterocycles. The van der Waals surface area contributed by atoms with Gasteiger partial charge in [-0.15, -0.1) is 0 Å². The summed E-state index contributed by atoms with van der Waals surface area (Å²) in [6.45, 7) is 8.94. The lowest BCUT2D eigenvalue weighted by Gasteiger charge is -2.51. The van der Waals surface area contributed by atoms with Crippen molar-refractivity contribution in [2.24, 2.45) is 5.92 Å². The van der Waals surface area contributed by atoms with E-state index in [0.29, 0.717) is 45.4 Å². The predicted octanol–water partition coefficient (Wildman–Crippen LogP) is 3.95. The Balaban J connectivity index is 1.85. The average Bonchev–Trinajstić information content (AvgIpc) is 3.27. The van der Waals surface area contributed by atoms with Crippen LogP contribution in [0.3, 0.4) is 0 Å². The Kier molecular flexibility index (Phi) is 8.38. The molecule has 2 heterocycles. The van der Waals surface area contributed by atoms with Crippen LogP contribution in [0.5, 0.6) is 0 Å². The highest BCUT2D eigenvalue weighted by Crippen LogP contribution is 2.39. The number of esters is 2. The van der Waals surface area contributed by atoms with Crippen LogP contribution in [0.4, 0.5) is 8.78 Å². The number of halogens is 2. The third-order valence-electron chi connectivity index (χ3n) is 6.75. The molecule has 33 heavy (non-hydrogen) atoms. The molecule has 9 heteroatoms. The molecule has 2 aliphatic heterocycles. The Bertz CT molecular complexity index is 675. The quantitative estimate of drug-likeness (QED) is 0.518. The molecule has 3 rings (SSSR count). The number of rotatable bonds is 7. The van der Waals surface area contributed by atoms with Crippen molar-refractivity contribution in [3.05, 3.63) is 0 Å². The number of alkyl halides is 2. The standard InChI is InChI=1S/C24H40F2N2O5/c1-5-31-20(29)18-8-10-19(11-9-18)32-24(27-14-6-7-15-27,21(30)33-22(2,3)4)28-16-12-23(25,26)13-17-28/h18-19H,5-17H2,1-4H3. The summed E-state index contributed by atoms with van der Waals surface area (Å²) >= 11 is 0. The van der Waals surface area contributed by atoms with E-state index < -0.39 is 23.3 Å². The van der Waals surface area contributed by atoms with Crippen LogP contribution >= 0.6 is 0 Å². The maximum absolute atomic E-state index is 14.0. The van der Waals surface area contributed by atoms with Gasteiger partial charge in [-0.2, -0.15) is 0 Å². The molecule has 190 valence electrons. The predicted molar refractivity (Wildman–Crippen MR) is 119 cm³/mol. The molecule has 7 nitrogen and oxygen atoms in total. The summed E-state index contributed by atoms with van der Waals surface area (Å²) in [6, 6.07) is 0. The molecular formula is C24H40F2N2O5. The maximum Gasteiger partial charge on any atom is 0.371 e. The Morgan fingerprint density at radius 1 is 0.939 bits per heavy atom. The largest absolute Gasteiger partial charge is 0.466 e. The fraction of sp³-hybridized carbons (Fsp3) is 0.917. The van der Waals surface area contributed by atoms with E-state index >= 15 is 0 Å². The number of piperidine rings is 1. The van der Waals surface area contributed by atoms with E-state index in [1.807, 2.05) is 4.90 Å². The Morgan fingerprint density at radius 2 is 1.48 bits per heavy atom. The van der Waals surface area contributed by atoms with Crippen molar-refractivity contribution in [2.45, 2.75) is 103 Å². The van der Waals surface area contributed by atoms with Gasteiger partial charge in [0.15, 0.2) is 0 Å². The molecule has 3 aliphatic rings. The average molecular weight is 475 g/mol. The fourth-order valence-corrected chi connectivity index (χ4v) is 5.07. The van der Waals surface area contributed by atoms with Gasteiger partial charge in [0.1, 0.15) is 5.60 Å². The first-order valence-electron chi connectivity index (χ1n) is 12.4. The van der Waals surface area contributed by atoms with Gasteiger partial charge in [0.25, 0.3) is 11.8 Å². The van der Waals surface area contributed by atoms with Crippen LogP contribution in [0.2, 0.25) is 0 Å². The second kappa shape index (κ2) is 10.5. The third-order valence-corrected chi connectivity index (χ3v) is 6.75. The van der Waals surface area contributed by atoms with Crippen LogP contribution in [0, 0.1) is 5.92 Å². The van der Waals surface area contributed by atoms with Crippen molar-refractivity contribution in [3.63, 3.8) is 0 Å². The van der Waals surface area contributed by atoms with Gasteiger partial charge in [-0.05, 0) is 66.2 Å². The number of hydrogen-bond acceptors (Lipinski definition) is 7. The Labute approximate surface area is 196 Å². The van der Waals surface area contributed by atoms with E-state index in [1.54, 1.807) is 32.6 Å². The minimum Gasteiger partial charge on any atom is -0.466 e. The summed E-state index contributed by atoms with van der Waals surface area (Å²) in [5, 5.41) is 0. The van der Waals surface area contributed by atoms with Crippen LogP contribution in [0.1, 0.15) is 79.1 Å². The molecule has 1 saturated carbocycles. The van der Waals surface area contributed by atoms with Gasteiger partial charge in [-0.1, -0.05) is 0 Å². The molecule has 0 aromatic rings. The Morgan fingerprint density at radius 3 is 2.00 bits per heavy atom. The van der Waals surface area contributed by atoms with Gasteiger partial charge in [0, 0.05) is 39.0 Å². The lowest BCUT2D eigenvalue weighted by atomic mass is 9.87. The van der Waals surface area contributed by atoms with Crippen LogP contribution in [0.15, 0.2) is 0 Å². The summed E-state index contributed by atoms with van der Waals surface area (Å²) in [4.78, 5) is 29.7. The lowest BCUT2D eigenvalue weighted by molar-refractivity contribution is -0.285. The number of hydrogen-bond donors (Lipinski definition) is 0.